The first-order valence-electron chi connectivity index (χ1n) is 5.43. The molecule has 0 unspecified atom stereocenters. The molecule has 0 aliphatic rings. The first-order valence-corrected chi connectivity index (χ1v) is 7.29. The molecule has 0 saturated carbocycles. The highest BCUT2D eigenvalue weighted by molar-refractivity contribution is 7.92. The van der Waals surface area contributed by atoms with Gasteiger partial charge in [0, 0.05) is 10.7 Å². The summed E-state index contributed by atoms with van der Waals surface area (Å²) in [6.07, 6.45) is 0. The first-order chi connectivity index (χ1) is 8.88. The fourth-order valence-electron chi connectivity index (χ4n) is 1.59. The van der Waals surface area contributed by atoms with Gasteiger partial charge in [-0.15, -0.1) is 0 Å². The van der Waals surface area contributed by atoms with Crippen molar-refractivity contribution in [2.75, 3.05) is 4.72 Å². The lowest BCUT2D eigenvalue weighted by atomic mass is 10.2. The summed E-state index contributed by atoms with van der Waals surface area (Å²) in [5.41, 5.74) is 0.875. The Morgan fingerprint density at radius 2 is 1.74 bits per heavy atom. The molecule has 0 fully saturated rings. The monoisotopic (exact) mass is 299 g/mol. The molecule has 0 spiro atoms. The van der Waals surface area contributed by atoms with Gasteiger partial charge >= 0.3 is 0 Å². The van der Waals surface area contributed by atoms with Crippen LogP contribution < -0.4 is 4.72 Å². The highest BCUT2D eigenvalue weighted by Gasteiger charge is 2.17. The Kier molecular flexibility index (Phi) is 3.78. The highest BCUT2D eigenvalue weighted by Crippen LogP contribution is 2.22. The van der Waals surface area contributed by atoms with Crippen molar-refractivity contribution in [3.05, 3.63) is 58.9 Å². The Morgan fingerprint density at radius 3 is 2.37 bits per heavy atom. The van der Waals surface area contributed by atoms with E-state index in [0.717, 1.165) is 0 Å². The summed E-state index contributed by atoms with van der Waals surface area (Å²) in [4.78, 5) is 0.101. The Bertz CT molecular complexity index is 699. The molecule has 0 atom stereocenters. The van der Waals surface area contributed by atoms with Gasteiger partial charge in [0.1, 0.15) is 5.82 Å². The second kappa shape index (κ2) is 5.19. The zero-order chi connectivity index (χ0) is 14.0. The Labute approximate surface area is 116 Å². The van der Waals surface area contributed by atoms with Crippen LogP contribution in [0.15, 0.2) is 47.4 Å². The van der Waals surface area contributed by atoms with E-state index >= 15 is 0 Å². The van der Waals surface area contributed by atoms with Gasteiger partial charge in [0.15, 0.2) is 0 Å². The van der Waals surface area contributed by atoms with Gasteiger partial charge in [0.2, 0.25) is 0 Å². The molecule has 3 nitrogen and oxygen atoms in total. The zero-order valence-corrected chi connectivity index (χ0v) is 11.6. The van der Waals surface area contributed by atoms with Crippen LogP contribution in [0.4, 0.5) is 10.1 Å². The van der Waals surface area contributed by atoms with Crippen LogP contribution in [0.25, 0.3) is 0 Å². The summed E-state index contributed by atoms with van der Waals surface area (Å²) < 4.78 is 39.5. The molecule has 0 radical (unpaired) electrons. The standard InChI is InChI=1S/C13H11ClFNO2S/c1-9-2-3-10(14)8-13(9)19(17,18)16-12-6-4-11(15)5-7-12/h2-8,16H,1H3. The van der Waals surface area contributed by atoms with E-state index in [4.69, 9.17) is 11.6 Å². The van der Waals surface area contributed by atoms with Gasteiger partial charge in [0.05, 0.1) is 4.90 Å². The van der Waals surface area contributed by atoms with Crippen molar-refractivity contribution in [1.29, 1.82) is 0 Å². The minimum atomic E-state index is -3.74. The van der Waals surface area contributed by atoms with E-state index in [0.29, 0.717) is 16.3 Å². The summed E-state index contributed by atoms with van der Waals surface area (Å²) in [5, 5.41) is 0.338. The number of rotatable bonds is 3. The Morgan fingerprint density at radius 1 is 1.11 bits per heavy atom. The number of hydrogen-bond donors (Lipinski definition) is 1. The number of nitrogens with one attached hydrogen (secondary N) is 1. The Balaban J connectivity index is 2.37. The lowest BCUT2D eigenvalue weighted by molar-refractivity contribution is 0.600. The molecule has 0 saturated heterocycles. The van der Waals surface area contributed by atoms with E-state index in [1.807, 2.05) is 0 Å². The molecule has 2 aromatic carbocycles. The van der Waals surface area contributed by atoms with Crippen molar-refractivity contribution in [3.63, 3.8) is 0 Å². The first kappa shape index (κ1) is 13.8. The zero-order valence-electron chi connectivity index (χ0n) is 10.0. The molecule has 0 amide bonds. The fraction of sp³-hybridized carbons (Fsp3) is 0.0769. The van der Waals surface area contributed by atoms with Crippen molar-refractivity contribution in [3.8, 4) is 0 Å². The van der Waals surface area contributed by atoms with Gasteiger partial charge in [-0.25, -0.2) is 12.8 Å². The van der Waals surface area contributed by atoms with Crippen LogP contribution in [0.2, 0.25) is 5.02 Å². The predicted octanol–water partition coefficient (Wildman–Crippen LogP) is 3.59. The number of anilines is 1. The van der Waals surface area contributed by atoms with Crippen molar-refractivity contribution in [2.24, 2.45) is 0 Å². The van der Waals surface area contributed by atoms with Crippen LogP contribution in [0.3, 0.4) is 0 Å². The summed E-state index contributed by atoms with van der Waals surface area (Å²) in [5.74, 6) is -0.429. The molecular weight excluding hydrogens is 289 g/mol. The van der Waals surface area contributed by atoms with E-state index in [1.165, 1.54) is 30.3 Å². The molecule has 0 aromatic heterocycles. The molecule has 2 aromatic rings. The normalized spacial score (nSPS) is 11.3. The summed E-state index contributed by atoms with van der Waals surface area (Å²) >= 11 is 5.80. The number of aryl methyl sites for hydroxylation is 1. The van der Waals surface area contributed by atoms with Gasteiger partial charge in [-0.2, -0.15) is 0 Å². The molecule has 100 valence electrons. The average Bonchev–Trinajstić information content (AvgIpc) is 2.35. The average molecular weight is 300 g/mol. The van der Waals surface area contributed by atoms with Gasteiger partial charge in [-0.1, -0.05) is 17.7 Å². The number of halogens is 2. The third-order valence-corrected chi connectivity index (χ3v) is 4.29. The van der Waals surface area contributed by atoms with E-state index in [2.05, 4.69) is 4.72 Å². The summed E-state index contributed by atoms with van der Waals surface area (Å²) in [6.45, 7) is 1.68. The van der Waals surface area contributed by atoms with E-state index in [-0.39, 0.29) is 4.90 Å². The second-order valence-corrected chi connectivity index (χ2v) is 6.11. The third kappa shape index (κ3) is 3.24. The molecule has 19 heavy (non-hydrogen) atoms. The molecule has 0 bridgehead atoms. The van der Waals surface area contributed by atoms with Gasteiger partial charge < -0.3 is 0 Å². The fourth-order valence-corrected chi connectivity index (χ4v) is 3.16. The van der Waals surface area contributed by atoms with Crippen molar-refractivity contribution >= 4 is 27.3 Å². The van der Waals surface area contributed by atoms with Gasteiger partial charge in [-0.05, 0) is 48.9 Å². The number of hydrogen-bond acceptors (Lipinski definition) is 2. The SMILES string of the molecule is Cc1ccc(Cl)cc1S(=O)(=O)Nc1ccc(F)cc1. The van der Waals surface area contributed by atoms with Crippen molar-refractivity contribution in [1.82, 2.24) is 0 Å². The molecule has 6 heteroatoms. The molecule has 0 aliphatic carbocycles. The Hall–Kier alpha value is -1.59. The highest BCUT2D eigenvalue weighted by atomic mass is 35.5. The molecule has 2 rings (SSSR count). The quantitative estimate of drug-likeness (QED) is 0.941. The lowest BCUT2D eigenvalue weighted by Crippen LogP contribution is -2.14. The number of benzene rings is 2. The lowest BCUT2D eigenvalue weighted by Gasteiger charge is -2.10. The minimum absolute atomic E-state index is 0.101. The largest absolute Gasteiger partial charge is 0.280 e. The topological polar surface area (TPSA) is 46.2 Å². The number of sulfonamides is 1. The van der Waals surface area contributed by atoms with Crippen molar-refractivity contribution in [2.45, 2.75) is 11.8 Å². The van der Waals surface area contributed by atoms with Crippen LogP contribution in [0.1, 0.15) is 5.56 Å². The van der Waals surface area contributed by atoms with E-state index in [1.54, 1.807) is 19.1 Å². The van der Waals surface area contributed by atoms with Crippen LogP contribution in [-0.4, -0.2) is 8.42 Å². The van der Waals surface area contributed by atoms with Gasteiger partial charge in [-0.3, -0.25) is 4.72 Å². The van der Waals surface area contributed by atoms with Crippen molar-refractivity contribution < 1.29 is 12.8 Å². The maximum absolute atomic E-state index is 12.8. The van der Waals surface area contributed by atoms with E-state index < -0.39 is 15.8 Å². The second-order valence-electron chi connectivity index (χ2n) is 4.02. The molecule has 0 heterocycles. The smallest absolute Gasteiger partial charge is 0.262 e. The molecule has 1 N–H and O–H groups in total. The predicted molar refractivity (Wildman–Crippen MR) is 73.4 cm³/mol. The molecule has 0 aliphatic heterocycles. The van der Waals surface area contributed by atoms with Crippen LogP contribution in [0, 0.1) is 12.7 Å². The third-order valence-electron chi connectivity index (χ3n) is 2.54. The molecular formula is C13H11ClFNO2S. The van der Waals surface area contributed by atoms with Crippen LogP contribution in [-0.2, 0) is 10.0 Å². The van der Waals surface area contributed by atoms with Gasteiger partial charge in [0.25, 0.3) is 10.0 Å². The summed E-state index contributed by atoms with van der Waals surface area (Å²) in [7, 11) is -3.74. The van der Waals surface area contributed by atoms with E-state index in [9.17, 15) is 12.8 Å². The van der Waals surface area contributed by atoms with Crippen LogP contribution >= 0.6 is 11.6 Å². The maximum Gasteiger partial charge on any atom is 0.262 e. The summed E-state index contributed by atoms with van der Waals surface area (Å²) in [6, 6.07) is 9.70. The minimum Gasteiger partial charge on any atom is -0.280 e. The van der Waals surface area contributed by atoms with Crippen LogP contribution in [0.5, 0.6) is 0 Å². The maximum atomic E-state index is 12.8.